The summed E-state index contributed by atoms with van der Waals surface area (Å²) in [6, 6.07) is 7.04. The lowest BCUT2D eigenvalue weighted by Gasteiger charge is -2.12. The number of ether oxygens (including phenoxy) is 1. The van der Waals surface area contributed by atoms with E-state index in [-0.39, 0.29) is 5.75 Å². The third-order valence-corrected chi connectivity index (χ3v) is 4.62. The molecule has 0 unspecified atom stereocenters. The second kappa shape index (κ2) is 8.27. The van der Waals surface area contributed by atoms with Gasteiger partial charge in [-0.05, 0) is 24.5 Å². The third kappa shape index (κ3) is 5.51. The number of benzene rings is 1. The van der Waals surface area contributed by atoms with Gasteiger partial charge in [0.25, 0.3) is 0 Å². The Morgan fingerprint density at radius 3 is 2.60 bits per heavy atom. The zero-order chi connectivity index (χ0) is 15.0. The summed E-state index contributed by atoms with van der Waals surface area (Å²) in [5, 5.41) is 3.18. The Balaban J connectivity index is 2.49. The minimum Gasteiger partial charge on any atom is -0.384 e. The van der Waals surface area contributed by atoms with Crippen LogP contribution < -0.4 is 5.32 Å². The lowest BCUT2D eigenvalue weighted by atomic mass is 10.2. The van der Waals surface area contributed by atoms with Crippen LogP contribution in [0.4, 0.5) is 5.69 Å². The van der Waals surface area contributed by atoms with Crippen molar-refractivity contribution in [3.63, 3.8) is 0 Å². The van der Waals surface area contributed by atoms with E-state index in [4.69, 9.17) is 4.74 Å². The highest BCUT2D eigenvalue weighted by Gasteiger charge is 2.15. The van der Waals surface area contributed by atoms with Gasteiger partial charge in [0, 0.05) is 19.8 Å². The van der Waals surface area contributed by atoms with E-state index in [1.54, 1.807) is 25.1 Å². The highest BCUT2D eigenvalue weighted by Crippen LogP contribution is 2.21. The molecule has 0 saturated carbocycles. The minimum atomic E-state index is -3.18. The van der Waals surface area contributed by atoms with Crippen molar-refractivity contribution in [3.05, 3.63) is 24.3 Å². The van der Waals surface area contributed by atoms with Crippen LogP contribution in [-0.4, -0.2) is 33.9 Å². The molecule has 0 bridgehead atoms. The monoisotopic (exact) mass is 299 g/mol. The molecular formula is C15H25NO3S. The predicted molar refractivity (Wildman–Crippen MR) is 82.9 cm³/mol. The summed E-state index contributed by atoms with van der Waals surface area (Å²) in [6.45, 7) is 8.04. The molecule has 0 aliphatic carbocycles. The first-order valence-electron chi connectivity index (χ1n) is 7.10. The van der Waals surface area contributed by atoms with Crippen molar-refractivity contribution >= 4 is 15.5 Å². The van der Waals surface area contributed by atoms with Crippen LogP contribution in [0.1, 0.15) is 27.2 Å². The fourth-order valence-corrected chi connectivity index (χ4v) is 2.83. The molecular weight excluding hydrogens is 274 g/mol. The van der Waals surface area contributed by atoms with Gasteiger partial charge < -0.3 is 10.1 Å². The summed E-state index contributed by atoms with van der Waals surface area (Å²) in [5.74, 6) is 0.654. The number of hydrogen-bond donors (Lipinski definition) is 1. The largest absolute Gasteiger partial charge is 0.384 e. The van der Waals surface area contributed by atoms with E-state index in [9.17, 15) is 8.42 Å². The number of anilines is 1. The first kappa shape index (κ1) is 17.0. The quantitative estimate of drug-likeness (QED) is 0.712. The molecule has 0 fully saturated rings. The molecule has 114 valence electrons. The lowest BCUT2D eigenvalue weighted by Crippen LogP contribution is -2.12. The standard InChI is InChI=1S/C15H25NO3S/c1-4-20(17,18)15-9-6-5-8-14(15)16-10-7-11-19-12-13(2)3/h5-6,8-9,13,16H,4,7,10-12H2,1-3H3. The van der Waals surface area contributed by atoms with Gasteiger partial charge in [-0.1, -0.05) is 32.9 Å². The van der Waals surface area contributed by atoms with Crippen LogP contribution >= 0.6 is 0 Å². The molecule has 1 aromatic carbocycles. The summed E-state index contributed by atoms with van der Waals surface area (Å²) in [6.07, 6.45) is 0.854. The summed E-state index contributed by atoms with van der Waals surface area (Å²) in [5.41, 5.74) is 0.679. The smallest absolute Gasteiger partial charge is 0.180 e. The molecule has 0 heterocycles. The molecule has 5 heteroatoms. The number of para-hydroxylation sites is 1. The summed E-state index contributed by atoms with van der Waals surface area (Å²) < 4.78 is 29.4. The molecule has 0 spiro atoms. The van der Waals surface area contributed by atoms with Gasteiger partial charge in [-0.3, -0.25) is 0 Å². The van der Waals surface area contributed by atoms with E-state index in [0.29, 0.717) is 29.7 Å². The van der Waals surface area contributed by atoms with Crippen molar-refractivity contribution in [1.82, 2.24) is 0 Å². The van der Waals surface area contributed by atoms with Gasteiger partial charge in [0.05, 0.1) is 16.3 Å². The topological polar surface area (TPSA) is 55.4 Å². The van der Waals surface area contributed by atoms with Gasteiger partial charge in [0.15, 0.2) is 9.84 Å². The van der Waals surface area contributed by atoms with E-state index < -0.39 is 9.84 Å². The van der Waals surface area contributed by atoms with Gasteiger partial charge in [0.2, 0.25) is 0 Å². The Kier molecular flexibility index (Phi) is 7.02. The molecule has 0 amide bonds. The molecule has 0 aromatic heterocycles. The average Bonchev–Trinajstić information content (AvgIpc) is 2.42. The molecule has 0 aliphatic rings. The van der Waals surface area contributed by atoms with E-state index in [1.807, 2.05) is 6.07 Å². The molecule has 1 aromatic rings. The Hall–Kier alpha value is -1.07. The van der Waals surface area contributed by atoms with Crippen molar-refractivity contribution in [2.75, 3.05) is 30.8 Å². The van der Waals surface area contributed by atoms with Gasteiger partial charge in [0.1, 0.15) is 0 Å². The zero-order valence-corrected chi connectivity index (χ0v) is 13.4. The fourth-order valence-electron chi connectivity index (χ4n) is 1.76. The Morgan fingerprint density at radius 2 is 1.95 bits per heavy atom. The summed E-state index contributed by atoms with van der Waals surface area (Å²) in [7, 11) is -3.18. The summed E-state index contributed by atoms with van der Waals surface area (Å²) >= 11 is 0. The number of nitrogens with one attached hydrogen (secondary N) is 1. The molecule has 0 aliphatic heterocycles. The Bertz CT molecular complexity index is 498. The normalized spacial score (nSPS) is 11.8. The predicted octanol–water partition coefficient (Wildman–Crippen LogP) is 2.95. The van der Waals surface area contributed by atoms with Crippen LogP contribution in [0.5, 0.6) is 0 Å². The highest BCUT2D eigenvalue weighted by molar-refractivity contribution is 7.91. The van der Waals surface area contributed by atoms with E-state index in [1.165, 1.54) is 0 Å². The Morgan fingerprint density at radius 1 is 1.25 bits per heavy atom. The van der Waals surface area contributed by atoms with Crippen molar-refractivity contribution in [2.45, 2.75) is 32.1 Å². The van der Waals surface area contributed by atoms with Crippen LogP contribution in [0.2, 0.25) is 0 Å². The molecule has 4 nitrogen and oxygen atoms in total. The first-order valence-corrected chi connectivity index (χ1v) is 8.76. The molecule has 0 saturated heterocycles. The molecule has 1 rings (SSSR count). The van der Waals surface area contributed by atoms with Crippen molar-refractivity contribution < 1.29 is 13.2 Å². The molecule has 20 heavy (non-hydrogen) atoms. The van der Waals surface area contributed by atoms with E-state index in [2.05, 4.69) is 19.2 Å². The zero-order valence-electron chi connectivity index (χ0n) is 12.6. The van der Waals surface area contributed by atoms with Crippen molar-refractivity contribution in [3.8, 4) is 0 Å². The second-order valence-corrected chi connectivity index (χ2v) is 7.40. The third-order valence-electron chi connectivity index (χ3n) is 2.83. The van der Waals surface area contributed by atoms with Crippen molar-refractivity contribution in [2.24, 2.45) is 5.92 Å². The van der Waals surface area contributed by atoms with Gasteiger partial charge in [-0.15, -0.1) is 0 Å². The first-order chi connectivity index (χ1) is 9.47. The van der Waals surface area contributed by atoms with Gasteiger partial charge in [-0.25, -0.2) is 8.42 Å². The average molecular weight is 299 g/mol. The number of sulfone groups is 1. The maximum absolute atomic E-state index is 12.0. The second-order valence-electron chi connectivity index (χ2n) is 5.15. The van der Waals surface area contributed by atoms with Gasteiger partial charge >= 0.3 is 0 Å². The number of hydrogen-bond acceptors (Lipinski definition) is 4. The van der Waals surface area contributed by atoms with Crippen LogP contribution in [-0.2, 0) is 14.6 Å². The number of rotatable bonds is 9. The maximum atomic E-state index is 12.0. The minimum absolute atomic E-state index is 0.114. The Labute approximate surface area is 122 Å². The molecule has 1 N–H and O–H groups in total. The highest BCUT2D eigenvalue weighted by atomic mass is 32.2. The van der Waals surface area contributed by atoms with E-state index in [0.717, 1.165) is 13.0 Å². The van der Waals surface area contributed by atoms with E-state index >= 15 is 0 Å². The molecule has 0 atom stereocenters. The van der Waals surface area contributed by atoms with Crippen LogP contribution in [0.25, 0.3) is 0 Å². The van der Waals surface area contributed by atoms with Crippen LogP contribution in [0.3, 0.4) is 0 Å². The molecule has 0 radical (unpaired) electrons. The van der Waals surface area contributed by atoms with Gasteiger partial charge in [-0.2, -0.15) is 0 Å². The van der Waals surface area contributed by atoms with Crippen LogP contribution in [0, 0.1) is 5.92 Å². The fraction of sp³-hybridized carbons (Fsp3) is 0.600. The SMILES string of the molecule is CCS(=O)(=O)c1ccccc1NCCCOCC(C)C. The maximum Gasteiger partial charge on any atom is 0.180 e. The lowest BCUT2D eigenvalue weighted by molar-refractivity contribution is 0.110. The van der Waals surface area contributed by atoms with Crippen molar-refractivity contribution in [1.29, 1.82) is 0 Å². The van der Waals surface area contributed by atoms with Crippen LogP contribution in [0.15, 0.2) is 29.2 Å². The summed E-state index contributed by atoms with van der Waals surface area (Å²) in [4.78, 5) is 0.380.